The molecule has 0 aliphatic carbocycles. The van der Waals surface area contributed by atoms with Gasteiger partial charge in [0.05, 0.1) is 13.2 Å². The molecule has 0 bridgehead atoms. The van der Waals surface area contributed by atoms with E-state index < -0.39 is 0 Å². The van der Waals surface area contributed by atoms with Gasteiger partial charge in [-0.3, -0.25) is 11.3 Å². The van der Waals surface area contributed by atoms with E-state index in [1.807, 2.05) is 25.1 Å². The quantitative estimate of drug-likeness (QED) is 0.487. The van der Waals surface area contributed by atoms with Gasteiger partial charge in [-0.2, -0.15) is 0 Å². The molecule has 0 saturated carbocycles. The lowest BCUT2D eigenvalue weighted by molar-refractivity contribution is 0.414. The molecule has 0 aromatic heterocycles. The number of thioether (sulfide) groups is 1. The van der Waals surface area contributed by atoms with Gasteiger partial charge in [-0.25, -0.2) is 4.39 Å². The average Bonchev–Trinajstić information content (AvgIpc) is 2.50. The van der Waals surface area contributed by atoms with E-state index in [9.17, 15) is 4.39 Å². The summed E-state index contributed by atoms with van der Waals surface area (Å²) in [5.41, 5.74) is 5.10. The molecule has 0 heterocycles. The molecule has 2 aromatic rings. The number of nitrogens with one attached hydrogen (secondary N) is 1. The van der Waals surface area contributed by atoms with Gasteiger partial charge in [-0.05, 0) is 54.4 Å². The summed E-state index contributed by atoms with van der Waals surface area (Å²) in [7, 11) is 1.65. The van der Waals surface area contributed by atoms with Gasteiger partial charge in [0.1, 0.15) is 11.6 Å². The smallest absolute Gasteiger partial charge is 0.123 e. The van der Waals surface area contributed by atoms with Crippen LogP contribution in [0, 0.1) is 12.7 Å². The molecule has 0 amide bonds. The zero-order valence-corrected chi connectivity index (χ0v) is 12.9. The third kappa shape index (κ3) is 4.20. The van der Waals surface area contributed by atoms with E-state index in [0.717, 1.165) is 27.5 Å². The van der Waals surface area contributed by atoms with Crippen LogP contribution in [0.5, 0.6) is 5.75 Å². The molecule has 5 heteroatoms. The molecule has 1 atom stereocenters. The minimum Gasteiger partial charge on any atom is -0.497 e. The van der Waals surface area contributed by atoms with Crippen molar-refractivity contribution in [3.8, 4) is 5.75 Å². The SMILES string of the molecule is COc1ccc(C(CSc2ccc(F)cc2)NN)c(C)c1. The van der Waals surface area contributed by atoms with Crippen molar-refractivity contribution in [2.24, 2.45) is 5.84 Å². The van der Waals surface area contributed by atoms with Crippen LogP contribution in [0.15, 0.2) is 47.4 Å². The fourth-order valence-electron chi connectivity index (χ4n) is 2.10. The number of ether oxygens (including phenoxy) is 1. The minimum absolute atomic E-state index is 0.0194. The Balaban J connectivity index is 2.07. The van der Waals surface area contributed by atoms with E-state index in [4.69, 9.17) is 10.6 Å². The van der Waals surface area contributed by atoms with Crippen molar-refractivity contribution < 1.29 is 9.13 Å². The molecular weight excluding hydrogens is 287 g/mol. The van der Waals surface area contributed by atoms with Crippen molar-refractivity contribution >= 4 is 11.8 Å². The Bertz CT molecular complexity index is 589. The summed E-state index contributed by atoms with van der Waals surface area (Å²) in [6, 6.07) is 12.4. The maximum Gasteiger partial charge on any atom is 0.123 e. The Morgan fingerprint density at radius 1 is 1.24 bits per heavy atom. The van der Waals surface area contributed by atoms with Crippen LogP contribution in [-0.4, -0.2) is 12.9 Å². The van der Waals surface area contributed by atoms with Crippen molar-refractivity contribution in [2.75, 3.05) is 12.9 Å². The van der Waals surface area contributed by atoms with E-state index >= 15 is 0 Å². The highest BCUT2D eigenvalue weighted by Crippen LogP contribution is 2.28. The molecule has 0 radical (unpaired) electrons. The van der Waals surface area contributed by atoms with Gasteiger partial charge in [-0.1, -0.05) is 6.07 Å². The lowest BCUT2D eigenvalue weighted by atomic mass is 10.0. The molecule has 3 N–H and O–H groups in total. The fraction of sp³-hybridized carbons (Fsp3) is 0.250. The number of methoxy groups -OCH3 is 1. The monoisotopic (exact) mass is 306 g/mol. The summed E-state index contributed by atoms with van der Waals surface area (Å²) in [6.45, 7) is 2.03. The molecule has 0 fully saturated rings. The first kappa shape index (κ1) is 15.8. The zero-order valence-electron chi connectivity index (χ0n) is 12.1. The maximum absolute atomic E-state index is 12.9. The Kier molecular flexibility index (Phi) is 5.61. The van der Waals surface area contributed by atoms with E-state index in [1.165, 1.54) is 12.1 Å². The van der Waals surface area contributed by atoms with Gasteiger partial charge in [0, 0.05) is 10.6 Å². The fourth-order valence-corrected chi connectivity index (χ4v) is 3.07. The Morgan fingerprint density at radius 3 is 2.52 bits per heavy atom. The van der Waals surface area contributed by atoms with Crippen LogP contribution < -0.4 is 16.0 Å². The first-order chi connectivity index (χ1) is 10.1. The first-order valence-corrected chi connectivity index (χ1v) is 7.61. The van der Waals surface area contributed by atoms with Crippen LogP contribution in [0.1, 0.15) is 17.2 Å². The molecule has 3 nitrogen and oxygen atoms in total. The Hall–Kier alpha value is -1.56. The average molecular weight is 306 g/mol. The topological polar surface area (TPSA) is 47.3 Å². The summed E-state index contributed by atoms with van der Waals surface area (Å²) >= 11 is 1.63. The van der Waals surface area contributed by atoms with Crippen LogP contribution in [-0.2, 0) is 0 Å². The summed E-state index contributed by atoms with van der Waals surface area (Å²) in [4.78, 5) is 1.02. The first-order valence-electron chi connectivity index (χ1n) is 6.63. The summed E-state index contributed by atoms with van der Waals surface area (Å²) in [5, 5.41) is 0. The van der Waals surface area contributed by atoms with Crippen molar-refractivity contribution in [3.05, 3.63) is 59.4 Å². The van der Waals surface area contributed by atoms with E-state index in [0.29, 0.717) is 0 Å². The van der Waals surface area contributed by atoms with Crippen LogP contribution in [0.4, 0.5) is 4.39 Å². The number of hydrazine groups is 1. The lowest BCUT2D eigenvalue weighted by Gasteiger charge is -2.19. The van der Waals surface area contributed by atoms with Crippen LogP contribution in [0.2, 0.25) is 0 Å². The highest BCUT2D eigenvalue weighted by Gasteiger charge is 2.13. The molecule has 0 aliphatic heterocycles. The van der Waals surface area contributed by atoms with Crippen LogP contribution in [0.3, 0.4) is 0 Å². The molecule has 2 rings (SSSR count). The standard InChI is InChI=1S/C16H19FN2OS/c1-11-9-13(20-2)5-8-15(11)16(19-18)10-21-14-6-3-12(17)4-7-14/h3-9,16,19H,10,18H2,1-2H3. The van der Waals surface area contributed by atoms with Gasteiger partial charge < -0.3 is 4.74 Å². The second-order valence-electron chi connectivity index (χ2n) is 4.71. The summed E-state index contributed by atoms with van der Waals surface area (Å²) < 4.78 is 18.1. The van der Waals surface area contributed by atoms with Crippen molar-refractivity contribution in [1.29, 1.82) is 0 Å². The Morgan fingerprint density at radius 2 is 1.95 bits per heavy atom. The molecular formula is C16H19FN2OS. The molecule has 112 valence electrons. The van der Waals surface area contributed by atoms with Crippen molar-refractivity contribution in [1.82, 2.24) is 5.43 Å². The third-order valence-electron chi connectivity index (χ3n) is 3.28. The third-order valence-corrected chi connectivity index (χ3v) is 4.39. The maximum atomic E-state index is 12.9. The number of benzene rings is 2. The number of rotatable bonds is 6. The molecule has 21 heavy (non-hydrogen) atoms. The highest BCUT2D eigenvalue weighted by atomic mass is 32.2. The molecule has 0 spiro atoms. The van der Waals surface area contributed by atoms with Crippen LogP contribution >= 0.6 is 11.8 Å². The number of halogens is 1. The van der Waals surface area contributed by atoms with Gasteiger partial charge >= 0.3 is 0 Å². The minimum atomic E-state index is -0.223. The summed E-state index contributed by atoms with van der Waals surface area (Å²) in [5.74, 6) is 7.05. The summed E-state index contributed by atoms with van der Waals surface area (Å²) in [6.07, 6.45) is 0. The second kappa shape index (κ2) is 7.45. The predicted molar refractivity (Wildman–Crippen MR) is 84.9 cm³/mol. The van der Waals surface area contributed by atoms with Gasteiger partial charge in [0.15, 0.2) is 0 Å². The zero-order chi connectivity index (χ0) is 15.2. The van der Waals surface area contributed by atoms with Crippen molar-refractivity contribution in [2.45, 2.75) is 17.9 Å². The number of nitrogens with two attached hydrogens (primary N) is 1. The lowest BCUT2D eigenvalue weighted by Crippen LogP contribution is -2.30. The molecule has 1 unspecified atom stereocenters. The second-order valence-corrected chi connectivity index (χ2v) is 5.80. The molecule has 0 aliphatic rings. The number of hydrogen-bond acceptors (Lipinski definition) is 4. The predicted octanol–water partition coefficient (Wildman–Crippen LogP) is 3.44. The normalized spacial score (nSPS) is 12.2. The molecule has 2 aromatic carbocycles. The van der Waals surface area contributed by atoms with Gasteiger partial charge in [-0.15, -0.1) is 11.8 Å². The number of aryl methyl sites for hydroxylation is 1. The highest BCUT2D eigenvalue weighted by molar-refractivity contribution is 7.99. The molecule has 0 saturated heterocycles. The van der Waals surface area contributed by atoms with Gasteiger partial charge in [0.2, 0.25) is 0 Å². The van der Waals surface area contributed by atoms with Crippen LogP contribution in [0.25, 0.3) is 0 Å². The van der Waals surface area contributed by atoms with E-state index in [2.05, 4.69) is 5.43 Å². The van der Waals surface area contributed by atoms with E-state index in [-0.39, 0.29) is 11.9 Å². The largest absolute Gasteiger partial charge is 0.497 e. The van der Waals surface area contributed by atoms with Gasteiger partial charge in [0.25, 0.3) is 0 Å². The Labute approximate surface area is 128 Å². The van der Waals surface area contributed by atoms with Crippen molar-refractivity contribution in [3.63, 3.8) is 0 Å². The number of hydrogen-bond donors (Lipinski definition) is 2. The van der Waals surface area contributed by atoms with E-state index in [1.54, 1.807) is 31.0 Å².